The number of amides is 1. The van der Waals surface area contributed by atoms with E-state index in [1.807, 2.05) is 0 Å². The van der Waals surface area contributed by atoms with Gasteiger partial charge in [-0.25, -0.2) is 5.43 Å². The van der Waals surface area contributed by atoms with E-state index in [1.54, 1.807) is 25.1 Å². The highest BCUT2D eigenvalue weighted by molar-refractivity contribution is 9.13. The van der Waals surface area contributed by atoms with Gasteiger partial charge in [-0.1, -0.05) is 0 Å². The number of hydrogen-bond donors (Lipinski definition) is 2. The predicted octanol–water partition coefficient (Wildman–Crippen LogP) is 5.20. The first kappa shape index (κ1) is 21.2. The molecule has 1 aromatic heterocycles. The summed E-state index contributed by atoms with van der Waals surface area (Å²) >= 11 is 7.83. The molecular weight excluding hydrogens is 530 g/mol. The van der Waals surface area contributed by atoms with Gasteiger partial charge in [-0.05, 0) is 57.0 Å². The number of carbonyl (C=O) groups is 1. The zero-order valence-electron chi connectivity index (χ0n) is 14.8. The Bertz CT molecular complexity index is 1150. The van der Waals surface area contributed by atoms with Crippen LogP contribution in [0.3, 0.4) is 0 Å². The summed E-state index contributed by atoms with van der Waals surface area (Å²) in [4.78, 5) is 23.1. The molecule has 0 radical (unpaired) electrons. The highest BCUT2D eigenvalue weighted by Gasteiger charge is 2.15. The molecule has 2 N–H and O–H groups in total. The molecule has 0 atom stereocenters. The van der Waals surface area contributed by atoms with Crippen molar-refractivity contribution in [1.82, 2.24) is 5.43 Å². The van der Waals surface area contributed by atoms with Crippen LogP contribution in [0.5, 0.6) is 11.5 Å². The van der Waals surface area contributed by atoms with Crippen LogP contribution in [-0.2, 0) is 0 Å². The molecule has 3 rings (SSSR count). The summed E-state index contributed by atoms with van der Waals surface area (Å²) in [6.07, 6.45) is 1.41. The van der Waals surface area contributed by atoms with E-state index >= 15 is 0 Å². The molecule has 0 aliphatic heterocycles. The Morgan fingerprint density at radius 2 is 2.10 bits per heavy atom. The van der Waals surface area contributed by atoms with E-state index in [0.29, 0.717) is 31.4 Å². The van der Waals surface area contributed by atoms with E-state index in [-0.39, 0.29) is 17.2 Å². The van der Waals surface area contributed by atoms with Gasteiger partial charge < -0.3 is 9.84 Å². The fourth-order valence-corrected chi connectivity index (χ4v) is 4.20. The molecule has 0 bridgehead atoms. The lowest BCUT2D eigenvalue weighted by molar-refractivity contribution is -0.384. The van der Waals surface area contributed by atoms with Crippen molar-refractivity contribution in [3.05, 3.63) is 59.8 Å². The van der Waals surface area contributed by atoms with E-state index in [4.69, 9.17) is 4.74 Å². The molecule has 2 aromatic carbocycles. The van der Waals surface area contributed by atoms with Gasteiger partial charge in [-0.15, -0.1) is 11.3 Å². The minimum atomic E-state index is -0.481. The quantitative estimate of drug-likeness (QED) is 0.252. The summed E-state index contributed by atoms with van der Waals surface area (Å²) in [7, 11) is 0. The number of hydrogen-bond acceptors (Lipinski definition) is 7. The third-order valence-corrected chi connectivity index (χ3v) is 7.05. The van der Waals surface area contributed by atoms with E-state index in [0.717, 1.165) is 4.70 Å². The fraction of sp³-hybridized carbons (Fsp3) is 0.111. The maximum atomic E-state index is 12.4. The maximum Gasteiger partial charge on any atom is 0.281 e. The number of nitrogens with zero attached hydrogens (tertiary/aromatic N) is 2. The molecule has 1 heterocycles. The Morgan fingerprint density at radius 1 is 1.34 bits per heavy atom. The molecule has 0 unspecified atom stereocenters. The van der Waals surface area contributed by atoms with Gasteiger partial charge in [0.25, 0.3) is 11.6 Å². The molecule has 0 aliphatic rings. The SMILES string of the molecule is CCOc1cc(/C=N\NC(=O)c2cc3cc([N+](=O)[O-])ccc3s2)c(Br)c(Br)c1O. The molecular formula is C18H13Br2N3O5S. The van der Waals surface area contributed by atoms with E-state index < -0.39 is 10.8 Å². The summed E-state index contributed by atoms with van der Waals surface area (Å²) in [6.45, 7) is 2.17. The van der Waals surface area contributed by atoms with Crippen LogP contribution in [0.4, 0.5) is 5.69 Å². The Morgan fingerprint density at radius 3 is 2.79 bits per heavy atom. The van der Waals surface area contributed by atoms with Crippen molar-refractivity contribution in [3.63, 3.8) is 0 Å². The number of benzene rings is 2. The third-order valence-electron chi connectivity index (χ3n) is 3.78. The Balaban J connectivity index is 1.79. The van der Waals surface area contributed by atoms with Crippen LogP contribution in [0, 0.1) is 10.1 Å². The molecule has 0 fully saturated rings. The molecule has 3 aromatic rings. The van der Waals surface area contributed by atoms with Gasteiger partial charge in [0.15, 0.2) is 11.5 Å². The van der Waals surface area contributed by atoms with Crippen molar-refractivity contribution in [1.29, 1.82) is 0 Å². The third kappa shape index (κ3) is 4.57. The molecule has 150 valence electrons. The Labute approximate surface area is 185 Å². The van der Waals surface area contributed by atoms with Crippen LogP contribution in [0.2, 0.25) is 0 Å². The van der Waals surface area contributed by atoms with Gasteiger partial charge in [0.05, 0.1) is 27.1 Å². The van der Waals surface area contributed by atoms with Gasteiger partial charge in [-0.2, -0.15) is 5.10 Å². The van der Waals surface area contributed by atoms with Crippen molar-refractivity contribution < 1.29 is 19.6 Å². The average Bonchev–Trinajstić information content (AvgIpc) is 3.13. The molecule has 29 heavy (non-hydrogen) atoms. The highest BCUT2D eigenvalue weighted by atomic mass is 79.9. The minimum absolute atomic E-state index is 0.0341. The number of aromatic hydroxyl groups is 1. The van der Waals surface area contributed by atoms with Crippen LogP contribution in [-0.4, -0.2) is 28.8 Å². The lowest BCUT2D eigenvalue weighted by atomic mass is 10.2. The monoisotopic (exact) mass is 541 g/mol. The summed E-state index contributed by atoms with van der Waals surface area (Å²) in [5.74, 6) is -0.204. The number of phenolic OH excluding ortho intramolecular Hbond substituents is 1. The molecule has 0 saturated heterocycles. The van der Waals surface area contributed by atoms with Crippen molar-refractivity contribution in [3.8, 4) is 11.5 Å². The number of thiophene rings is 1. The number of nitrogens with one attached hydrogen (secondary N) is 1. The highest BCUT2D eigenvalue weighted by Crippen LogP contribution is 2.41. The van der Waals surface area contributed by atoms with Crippen LogP contribution >= 0.6 is 43.2 Å². The molecule has 0 aliphatic carbocycles. The Kier molecular flexibility index (Phi) is 6.50. The minimum Gasteiger partial charge on any atom is -0.503 e. The van der Waals surface area contributed by atoms with Crippen molar-refractivity contribution >= 4 is 71.1 Å². The van der Waals surface area contributed by atoms with Crippen LogP contribution < -0.4 is 10.2 Å². The molecule has 8 nitrogen and oxygen atoms in total. The number of non-ortho nitro benzene ring substituents is 1. The van der Waals surface area contributed by atoms with Crippen LogP contribution in [0.15, 0.2) is 44.4 Å². The smallest absolute Gasteiger partial charge is 0.281 e. The molecule has 1 amide bonds. The first-order valence-corrected chi connectivity index (χ1v) is 10.6. The largest absolute Gasteiger partial charge is 0.503 e. The van der Waals surface area contributed by atoms with Crippen molar-refractivity contribution in [2.24, 2.45) is 5.10 Å². The number of ether oxygens (including phenoxy) is 1. The summed E-state index contributed by atoms with van der Waals surface area (Å²) in [6, 6.07) is 7.60. The van der Waals surface area contributed by atoms with E-state index in [1.165, 1.54) is 29.7 Å². The van der Waals surface area contributed by atoms with Gasteiger partial charge >= 0.3 is 0 Å². The topological polar surface area (TPSA) is 114 Å². The van der Waals surface area contributed by atoms with Crippen molar-refractivity contribution in [2.45, 2.75) is 6.92 Å². The lowest BCUT2D eigenvalue weighted by Gasteiger charge is -2.10. The fourth-order valence-electron chi connectivity index (χ4n) is 2.44. The number of nitro benzene ring substituents is 1. The number of phenols is 1. The normalized spacial score (nSPS) is 11.1. The first-order chi connectivity index (χ1) is 13.8. The second kappa shape index (κ2) is 8.89. The van der Waals surface area contributed by atoms with Gasteiger partial charge in [0.2, 0.25) is 0 Å². The summed E-state index contributed by atoms with van der Waals surface area (Å²) in [5, 5.41) is 25.5. The number of carbonyl (C=O) groups excluding carboxylic acids is 1. The first-order valence-electron chi connectivity index (χ1n) is 8.17. The van der Waals surface area contributed by atoms with Gasteiger partial charge in [0.1, 0.15) is 0 Å². The second-order valence-corrected chi connectivity index (χ2v) is 8.33. The number of rotatable bonds is 6. The zero-order valence-corrected chi connectivity index (χ0v) is 18.8. The maximum absolute atomic E-state index is 12.4. The predicted molar refractivity (Wildman–Crippen MR) is 118 cm³/mol. The summed E-state index contributed by atoms with van der Waals surface area (Å²) < 4.78 is 7.09. The number of fused-ring (bicyclic) bond motifs is 1. The Hall–Kier alpha value is -2.50. The lowest BCUT2D eigenvalue weighted by Crippen LogP contribution is -2.16. The molecule has 0 spiro atoms. The molecule has 11 heteroatoms. The standard InChI is InChI=1S/C18H13Br2N3O5S/c1-2-28-12-6-10(15(19)16(20)17(12)24)8-21-22-18(25)14-7-9-5-11(23(26)27)3-4-13(9)29-14/h3-8,24H,2H2,1H3,(H,22,25)/b21-8-. The van der Waals surface area contributed by atoms with Gasteiger partial charge in [0, 0.05) is 32.3 Å². The second-order valence-electron chi connectivity index (χ2n) is 5.66. The summed E-state index contributed by atoms with van der Waals surface area (Å²) in [5.41, 5.74) is 2.97. The van der Waals surface area contributed by atoms with Crippen LogP contribution in [0.25, 0.3) is 10.1 Å². The van der Waals surface area contributed by atoms with Gasteiger partial charge in [-0.3, -0.25) is 14.9 Å². The number of hydrazone groups is 1. The van der Waals surface area contributed by atoms with Crippen LogP contribution in [0.1, 0.15) is 22.2 Å². The zero-order chi connectivity index (χ0) is 21.1. The molecule has 0 saturated carbocycles. The number of nitro groups is 1. The van der Waals surface area contributed by atoms with E-state index in [9.17, 15) is 20.0 Å². The van der Waals surface area contributed by atoms with Crippen molar-refractivity contribution in [2.75, 3.05) is 6.61 Å². The number of halogens is 2. The average molecular weight is 543 g/mol. The van der Waals surface area contributed by atoms with E-state index in [2.05, 4.69) is 42.4 Å².